The van der Waals surface area contributed by atoms with E-state index in [0.29, 0.717) is 148 Å². The average molecular weight is 1680 g/mol. The zero-order valence-electron chi connectivity index (χ0n) is 69.9. The predicted molar refractivity (Wildman–Crippen MR) is 421 cm³/mol. The first-order chi connectivity index (χ1) is 55.6. The summed E-state index contributed by atoms with van der Waals surface area (Å²) in [5.41, 5.74) is -1.10. The summed E-state index contributed by atoms with van der Waals surface area (Å²) in [6, 6.07) is -0.337. The molecule has 33 nitrogen and oxygen atoms in total. The SMILES string of the molecule is COP(=O)([O-])OC[C@@H]1C[C@@H](C)CN1C(=O)CCCCCCCCCCC(=O)CC(COCCC(=O)CCCCCC(=O)CCCCOC1OC(CO)C(O)C(O)C1C)(COCCC(=O)CCCCCC(=O)CCCCOC1OC(CO)C(O)C(O)C1C)COCCC(=O)NCCCNC(=O)CCCCOC1OC(CO)C(O)C(O)C1C. The molecule has 4 aliphatic heterocycles. The Morgan fingerprint density at radius 3 is 1.14 bits per heavy atom. The highest BCUT2D eigenvalue weighted by Gasteiger charge is 2.45. The van der Waals surface area contributed by atoms with E-state index in [2.05, 4.69) is 15.2 Å². The van der Waals surface area contributed by atoms with Crippen LogP contribution in [0, 0.1) is 29.1 Å². The van der Waals surface area contributed by atoms with Crippen LogP contribution >= 0.6 is 7.82 Å². The van der Waals surface area contributed by atoms with E-state index in [1.54, 1.807) is 25.7 Å². The Balaban J connectivity index is 1.28. The Kier molecular flexibility index (Phi) is 53.9. The van der Waals surface area contributed by atoms with Crippen molar-refractivity contribution in [2.24, 2.45) is 29.1 Å². The summed E-state index contributed by atoms with van der Waals surface area (Å²) in [6.45, 7) is 7.25. The summed E-state index contributed by atoms with van der Waals surface area (Å²) in [7, 11) is -3.39. The Labute approximate surface area is 686 Å². The number of ether oxygens (including phenoxy) is 9. The number of aliphatic hydroxyl groups excluding tert-OH is 9. The topological polar surface area (TPSA) is 488 Å². The van der Waals surface area contributed by atoms with Gasteiger partial charge >= 0.3 is 0 Å². The van der Waals surface area contributed by atoms with Crippen LogP contribution < -0.4 is 15.5 Å². The fourth-order valence-corrected chi connectivity index (χ4v) is 15.2. The summed E-state index contributed by atoms with van der Waals surface area (Å²) in [4.78, 5) is 119. The number of phosphoric ester groups is 1. The van der Waals surface area contributed by atoms with Gasteiger partial charge in [-0.1, -0.05) is 79.1 Å². The fourth-order valence-electron chi connectivity index (χ4n) is 14.8. The van der Waals surface area contributed by atoms with Crippen LogP contribution in [-0.2, 0) is 94.6 Å². The first-order valence-electron chi connectivity index (χ1n) is 43.0. The van der Waals surface area contributed by atoms with Crippen molar-refractivity contribution in [3.63, 3.8) is 0 Å². The van der Waals surface area contributed by atoms with E-state index >= 15 is 0 Å². The van der Waals surface area contributed by atoms with Crippen molar-refractivity contribution in [2.45, 2.75) is 332 Å². The van der Waals surface area contributed by atoms with Crippen molar-refractivity contribution in [3.05, 3.63) is 0 Å². The average Bonchev–Trinajstić information content (AvgIpc) is 1.41. The second kappa shape index (κ2) is 59.8. The second-order valence-electron chi connectivity index (χ2n) is 32.4. The van der Waals surface area contributed by atoms with Gasteiger partial charge in [0.05, 0.1) is 90.4 Å². The molecule has 0 saturated carbocycles. The van der Waals surface area contributed by atoms with Gasteiger partial charge in [-0.2, -0.15) is 0 Å². The molecule has 16 unspecified atom stereocenters. The van der Waals surface area contributed by atoms with Crippen LogP contribution in [0.1, 0.15) is 252 Å². The van der Waals surface area contributed by atoms with Crippen LogP contribution in [0.25, 0.3) is 0 Å². The van der Waals surface area contributed by atoms with Gasteiger partial charge in [-0.15, -0.1) is 0 Å². The van der Waals surface area contributed by atoms with Gasteiger partial charge in [-0.3, -0.25) is 42.9 Å². The molecular weight excluding hydrogens is 1540 g/mol. The molecular formula is C82H145N3O30P-. The lowest BCUT2D eigenvalue weighted by Gasteiger charge is -2.40. The second-order valence-corrected chi connectivity index (χ2v) is 33.9. The van der Waals surface area contributed by atoms with Crippen LogP contribution in [0.15, 0.2) is 0 Å². The number of carbonyl (C=O) groups is 8. The van der Waals surface area contributed by atoms with E-state index in [9.17, 15) is 93.8 Å². The number of unbranched alkanes of at least 4 members (excludes halogenated alkanes) is 14. The molecule has 0 bridgehead atoms. The van der Waals surface area contributed by atoms with Gasteiger partial charge < -0.3 is 118 Å². The lowest BCUT2D eigenvalue weighted by Crippen LogP contribution is -2.55. The van der Waals surface area contributed by atoms with Gasteiger partial charge in [0, 0.05) is 153 Å². The normalized spacial score (nSPS) is 26.6. The summed E-state index contributed by atoms with van der Waals surface area (Å²) >= 11 is 0. The van der Waals surface area contributed by atoms with Crippen molar-refractivity contribution in [2.75, 3.05) is 113 Å². The van der Waals surface area contributed by atoms with Gasteiger partial charge in [-0.05, 0) is 95.8 Å². The van der Waals surface area contributed by atoms with Gasteiger partial charge in [0.1, 0.15) is 65.5 Å². The molecule has 0 spiro atoms. The minimum atomic E-state index is -4.42. The molecule has 674 valence electrons. The van der Waals surface area contributed by atoms with Gasteiger partial charge in [0.25, 0.3) is 7.82 Å². The lowest BCUT2D eigenvalue weighted by atomic mass is 9.83. The molecule has 34 heteroatoms. The zero-order valence-corrected chi connectivity index (χ0v) is 70.8. The molecule has 0 aromatic carbocycles. The third-order valence-electron chi connectivity index (χ3n) is 22.2. The Morgan fingerprint density at radius 2 is 0.750 bits per heavy atom. The van der Waals surface area contributed by atoms with Crippen molar-refractivity contribution in [3.8, 4) is 0 Å². The minimum Gasteiger partial charge on any atom is -0.756 e. The molecule has 4 fully saturated rings. The summed E-state index contributed by atoms with van der Waals surface area (Å²) in [6.07, 6.45) is 5.33. The first-order valence-corrected chi connectivity index (χ1v) is 44.4. The Bertz CT molecular complexity index is 2600. The maximum atomic E-state index is 14.2. The Morgan fingerprint density at radius 1 is 0.422 bits per heavy atom. The lowest BCUT2D eigenvalue weighted by molar-refractivity contribution is -0.282. The quantitative estimate of drug-likeness (QED) is 0.0282. The maximum Gasteiger partial charge on any atom is 0.267 e. The van der Waals surface area contributed by atoms with Crippen molar-refractivity contribution in [1.82, 2.24) is 15.5 Å². The molecule has 18 atom stereocenters. The number of phosphoric acid groups is 1. The van der Waals surface area contributed by atoms with Gasteiger partial charge in [-0.25, -0.2) is 0 Å². The minimum absolute atomic E-state index is 0.0269. The van der Waals surface area contributed by atoms with E-state index in [4.69, 9.17) is 47.2 Å². The molecule has 0 radical (unpaired) electrons. The molecule has 0 aromatic rings. The first kappa shape index (κ1) is 104. The summed E-state index contributed by atoms with van der Waals surface area (Å²) in [5, 5.41) is 95.5. The third-order valence-corrected chi connectivity index (χ3v) is 23.2. The third kappa shape index (κ3) is 41.8. The highest BCUT2D eigenvalue weighted by atomic mass is 31.2. The van der Waals surface area contributed by atoms with E-state index in [1.165, 1.54) is 0 Å². The molecule has 4 aliphatic rings. The van der Waals surface area contributed by atoms with Crippen LogP contribution in [0.4, 0.5) is 0 Å². The number of carbonyl (C=O) groups excluding carboxylic acids is 8. The highest BCUT2D eigenvalue weighted by molar-refractivity contribution is 7.45. The smallest absolute Gasteiger partial charge is 0.267 e. The van der Waals surface area contributed by atoms with Crippen molar-refractivity contribution < 1.29 is 145 Å². The number of nitrogens with zero attached hydrogens (tertiary/aromatic N) is 1. The van der Waals surface area contributed by atoms with E-state index in [-0.39, 0.29) is 183 Å². The number of likely N-dealkylation sites (tertiary alicyclic amines) is 1. The van der Waals surface area contributed by atoms with Crippen LogP contribution in [0.3, 0.4) is 0 Å². The number of ketones is 5. The van der Waals surface area contributed by atoms with Crippen LogP contribution in [0.2, 0.25) is 0 Å². The number of aliphatic hydroxyl groups is 9. The number of rotatable bonds is 69. The van der Waals surface area contributed by atoms with Gasteiger partial charge in [0.15, 0.2) is 18.9 Å². The molecule has 4 heterocycles. The Hall–Kier alpha value is -3.85. The molecule has 3 amide bonds. The molecule has 11 N–H and O–H groups in total. The van der Waals surface area contributed by atoms with Crippen LogP contribution in [-0.4, -0.2) is 290 Å². The standard InChI is InChI=1S/C82H146N3O30P/c1-57-47-61(53-112-116(103,104)105-5)85(49-57)72(96)35-19-11-9-7-6-8-10-14-33-66(93)48-82(54-106-44-36-64(91)29-17-12-15-27-62(89)31-20-23-41-109-79-58(2)73(97)76(100)67(50-86)113-79,55-107-45-37-65(92)30-18-13-16-28-63(90)32-21-24-42-110-80-59(3)74(98)77(101)68(51-87)114-80)56-108-46-38-71(95)84-40-26-39-83-70(94)34-22-25-43-111-81-60(4)75(99)78(102)69(52-88)115-81/h57-61,67-69,73-81,86-88,97-102H,6-56H2,1-5H3,(H,83,94)(H,84,95)(H,103,104)/p-1/t57-,58?,59?,60?,61+,67?,68?,69?,73?,74?,75?,76?,77?,78?,79?,80?,81?,82?/m1/s1. The van der Waals surface area contributed by atoms with Crippen molar-refractivity contribution >= 4 is 54.5 Å². The number of hydrogen-bond donors (Lipinski definition) is 11. The number of nitrogens with one attached hydrogen (secondary N) is 2. The largest absolute Gasteiger partial charge is 0.756 e. The number of hydrogen-bond acceptors (Lipinski definition) is 30. The zero-order chi connectivity index (χ0) is 85.3. The van der Waals surface area contributed by atoms with E-state index < -0.39 is 125 Å². The number of amides is 3. The fraction of sp³-hybridized carbons (Fsp3) is 0.902. The number of Topliss-reactive ketones (excluding diaryl/α,β-unsaturated/α-hetero) is 5. The van der Waals surface area contributed by atoms with Gasteiger partial charge in [0.2, 0.25) is 17.7 Å². The molecule has 116 heavy (non-hydrogen) atoms. The molecule has 0 aliphatic carbocycles. The molecule has 4 saturated heterocycles. The monoisotopic (exact) mass is 1680 g/mol. The maximum absolute atomic E-state index is 14.2. The highest BCUT2D eigenvalue weighted by Crippen LogP contribution is 2.39. The van der Waals surface area contributed by atoms with E-state index in [1.807, 2.05) is 6.92 Å². The summed E-state index contributed by atoms with van der Waals surface area (Å²) in [5.74, 6) is -1.82. The van der Waals surface area contributed by atoms with E-state index in [0.717, 1.165) is 45.6 Å². The predicted octanol–water partition coefficient (Wildman–Crippen LogP) is 5.01. The van der Waals surface area contributed by atoms with Crippen LogP contribution in [0.5, 0.6) is 0 Å². The molecule has 4 rings (SSSR count). The summed E-state index contributed by atoms with van der Waals surface area (Å²) < 4.78 is 74.1. The molecule has 0 aromatic heterocycles. The van der Waals surface area contributed by atoms with Crippen molar-refractivity contribution in [1.29, 1.82) is 0 Å².